The van der Waals surface area contributed by atoms with E-state index in [1.807, 2.05) is 23.3 Å². The second kappa shape index (κ2) is 5.18. The summed E-state index contributed by atoms with van der Waals surface area (Å²) in [5.74, 6) is 0.701. The van der Waals surface area contributed by atoms with Gasteiger partial charge < -0.3 is 0 Å². The van der Waals surface area contributed by atoms with Crippen molar-refractivity contribution in [1.82, 2.24) is 0 Å². The van der Waals surface area contributed by atoms with Crippen molar-refractivity contribution in [2.24, 2.45) is 10.4 Å². The third kappa shape index (κ3) is 3.02. The van der Waals surface area contributed by atoms with Crippen molar-refractivity contribution >= 4 is 22.2 Å². The molecule has 108 valence electrons. The summed E-state index contributed by atoms with van der Waals surface area (Å²) < 4.78 is 32.1. The highest BCUT2D eigenvalue weighted by molar-refractivity contribution is 7.85. The number of aliphatic imine (C=N–C) groups is 1. The monoisotopic (exact) mass is 296 g/mol. The molecule has 0 fully saturated rings. The van der Waals surface area contributed by atoms with Crippen LogP contribution in [0.5, 0.6) is 0 Å². The molecule has 0 radical (unpaired) electrons. The number of rotatable bonds is 5. The average molecular weight is 296 g/mol. The van der Waals surface area contributed by atoms with Crippen molar-refractivity contribution in [3.63, 3.8) is 0 Å². The third-order valence-electron chi connectivity index (χ3n) is 3.73. The molecule has 1 N–H and O–H groups in total. The van der Waals surface area contributed by atoms with Crippen LogP contribution in [-0.4, -0.2) is 41.9 Å². The predicted octanol–water partition coefficient (Wildman–Crippen LogP) is 1.83. The van der Waals surface area contributed by atoms with Crippen LogP contribution in [0, 0.1) is 11.8 Å². The maximum Gasteiger partial charge on any atom is 0.412 e. The number of unbranched alkanes of at least 4 members (excludes halogenated alkanes) is 1. The second-order valence-electron chi connectivity index (χ2n) is 5.62. The summed E-state index contributed by atoms with van der Waals surface area (Å²) in [6.45, 7) is 8.85. The van der Waals surface area contributed by atoms with Crippen LogP contribution in [-0.2, 0) is 10.1 Å². The van der Waals surface area contributed by atoms with Crippen LogP contribution in [0.4, 0.5) is 0 Å². The van der Waals surface area contributed by atoms with Gasteiger partial charge in [0.05, 0.1) is 12.3 Å². The molecule has 0 unspecified atom stereocenters. The molecular weight excluding hydrogens is 276 g/mol. The van der Waals surface area contributed by atoms with Crippen molar-refractivity contribution in [3.8, 4) is 0 Å². The standard InChI is InChI=1S/C14H19N2O3S/c1-11-14(2,3)12-7-6-9-16(13(12)15-11)8-4-5-10-20(17,18)19/h6-7,9H,1,4-5,8,10H2,2-3H3/q+1/p+1. The van der Waals surface area contributed by atoms with Crippen LogP contribution in [0.1, 0.15) is 26.7 Å². The van der Waals surface area contributed by atoms with Gasteiger partial charge in [-0.15, -0.1) is 0 Å². The van der Waals surface area contributed by atoms with Crippen LogP contribution in [0.25, 0.3) is 0 Å². The van der Waals surface area contributed by atoms with E-state index in [0.29, 0.717) is 19.4 Å². The minimum atomic E-state index is -3.86. The molecule has 20 heavy (non-hydrogen) atoms. The largest absolute Gasteiger partial charge is 0.412 e. The lowest BCUT2D eigenvalue weighted by Crippen LogP contribution is -2.30. The normalized spacial score (nSPS) is 20.8. The number of allylic oxidation sites excluding steroid dienone is 2. The molecule has 6 heteroatoms. The summed E-state index contributed by atoms with van der Waals surface area (Å²) in [4.78, 5) is 4.53. The topological polar surface area (TPSA) is 69.7 Å². The minimum absolute atomic E-state index is 0.160. The van der Waals surface area contributed by atoms with Gasteiger partial charge in [-0.3, -0.25) is 4.55 Å². The molecule has 0 aromatic heterocycles. The summed E-state index contributed by atoms with van der Waals surface area (Å²) in [5.41, 5.74) is 1.82. The van der Waals surface area contributed by atoms with E-state index in [9.17, 15) is 8.42 Å². The molecule has 0 aromatic rings. The highest BCUT2D eigenvalue weighted by Crippen LogP contribution is 2.42. The average Bonchev–Trinajstić information content (AvgIpc) is 2.56. The van der Waals surface area contributed by atoms with Crippen LogP contribution in [0.3, 0.4) is 0 Å². The van der Waals surface area contributed by atoms with Crippen LogP contribution >= 0.6 is 0 Å². The highest BCUT2D eigenvalue weighted by Gasteiger charge is 2.52. The lowest BCUT2D eigenvalue weighted by atomic mass is 9.82. The summed E-state index contributed by atoms with van der Waals surface area (Å²) in [6.07, 6.45) is 7.05. The lowest BCUT2D eigenvalue weighted by molar-refractivity contribution is -0.403. The van der Waals surface area contributed by atoms with Gasteiger partial charge in [0.15, 0.2) is 17.5 Å². The second-order valence-corrected chi connectivity index (χ2v) is 7.19. The fraction of sp³-hybridized carbons (Fsp3) is 0.500. The first-order chi connectivity index (χ1) is 9.22. The van der Waals surface area contributed by atoms with E-state index in [1.54, 1.807) is 0 Å². The fourth-order valence-electron chi connectivity index (χ4n) is 2.33. The maximum absolute atomic E-state index is 10.7. The molecule has 0 spiro atoms. The molecule has 0 amide bonds. The van der Waals surface area contributed by atoms with Crippen molar-refractivity contribution < 1.29 is 17.5 Å². The summed E-state index contributed by atoms with van der Waals surface area (Å²) in [5, 5.41) is 0. The molecule has 0 saturated carbocycles. The molecule has 2 aliphatic rings. The first-order valence-corrected chi connectivity index (χ1v) is 8.22. The van der Waals surface area contributed by atoms with E-state index >= 15 is 0 Å². The molecule has 2 aliphatic heterocycles. The van der Waals surface area contributed by atoms with E-state index in [4.69, 9.17) is 4.55 Å². The van der Waals surface area contributed by atoms with Gasteiger partial charge >= 0.3 is 5.84 Å². The predicted molar refractivity (Wildman–Crippen MR) is 79.6 cm³/mol. The van der Waals surface area contributed by atoms with E-state index in [-0.39, 0.29) is 11.2 Å². The highest BCUT2D eigenvalue weighted by atomic mass is 32.2. The van der Waals surface area contributed by atoms with Crippen LogP contribution < -0.4 is 0 Å². The molecular formula is C14H20N2O3S+2. The Hall–Kier alpha value is -1.40. The smallest absolute Gasteiger partial charge is 0.286 e. The van der Waals surface area contributed by atoms with E-state index in [0.717, 1.165) is 17.1 Å². The first kappa shape index (κ1) is 15.0. The maximum atomic E-state index is 10.7. The Morgan fingerprint density at radius 1 is 1.45 bits per heavy atom. The third-order valence-corrected chi connectivity index (χ3v) is 4.53. The minimum Gasteiger partial charge on any atom is -0.286 e. The molecule has 0 aromatic carbocycles. The van der Waals surface area contributed by atoms with Crippen molar-refractivity contribution in [3.05, 3.63) is 30.3 Å². The van der Waals surface area contributed by atoms with Gasteiger partial charge in [-0.05, 0) is 38.3 Å². The Morgan fingerprint density at radius 2 is 2.15 bits per heavy atom. The van der Waals surface area contributed by atoms with Crippen molar-refractivity contribution in [2.45, 2.75) is 26.7 Å². The Balaban J connectivity index is 2.00. The Bertz CT molecular complexity index is 625. The van der Waals surface area contributed by atoms with Gasteiger partial charge in [0.2, 0.25) is 0 Å². The molecule has 0 saturated heterocycles. The van der Waals surface area contributed by atoms with Crippen LogP contribution in [0.15, 0.2) is 28.9 Å². The number of nitrogens with zero attached hydrogens (tertiary/aromatic N) is 2. The number of hydrogen-bond acceptors (Lipinski definition) is 3. The zero-order chi connectivity index (χ0) is 15.0. The van der Waals surface area contributed by atoms with Gasteiger partial charge in [0.1, 0.15) is 17.9 Å². The Kier molecular flexibility index (Phi) is 3.88. The van der Waals surface area contributed by atoms with E-state index in [1.165, 1.54) is 0 Å². The van der Waals surface area contributed by atoms with Gasteiger partial charge in [0, 0.05) is 0 Å². The zero-order valence-electron chi connectivity index (χ0n) is 11.8. The molecule has 0 bridgehead atoms. The molecule has 2 rings (SSSR count). The molecule has 0 aliphatic carbocycles. The van der Waals surface area contributed by atoms with E-state index in [2.05, 4.69) is 25.4 Å². The molecule has 2 heterocycles. The Morgan fingerprint density at radius 3 is 2.80 bits per heavy atom. The summed E-state index contributed by atoms with van der Waals surface area (Å²) in [7, 11) is -3.86. The van der Waals surface area contributed by atoms with E-state index < -0.39 is 10.1 Å². The SMILES string of the molecule is C=C1N=C2C(=C[CH+]C=[N+]2CCCCS(=O)(=O)O)C1(C)C. The summed E-state index contributed by atoms with van der Waals surface area (Å²) in [6, 6.07) is 0. The molecule has 0 atom stereocenters. The van der Waals surface area contributed by atoms with Gasteiger partial charge in [-0.25, -0.2) is 0 Å². The van der Waals surface area contributed by atoms with Crippen LogP contribution in [0.2, 0.25) is 0 Å². The number of hydrogen-bond donors (Lipinski definition) is 1. The fourth-order valence-corrected chi connectivity index (χ4v) is 2.89. The molecule has 5 nitrogen and oxygen atoms in total. The Labute approximate surface area is 120 Å². The number of amidine groups is 1. The number of fused-ring (bicyclic) bond motifs is 1. The van der Waals surface area contributed by atoms with Gasteiger partial charge in [-0.1, -0.05) is 0 Å². The van der Waals surface area contributed by atoms with Crippen molar-refractivity contribution in [1.29, 1.82) is 0 Å². The van der Waals surface area contributed by atoms with Gasteiger partial charge in [0.25, 0.3) is 10.1 Å². The van der Waals surface area contributed by atoms with Crippen molar-refractivity contribution in [2.75, 3.05) is 12.3 Å². The van der Waals surface area contributed by atoms with Gasteiger partial charge in [-0.2, -0.15) is 13.0 Å². The summed E-state index contributed by atoms with van der Waals surface area (Å²) >= 11 is 0. The zero-order valence-corrected chi connectivity index (χ0v) is 12.7. The first-order valence-electron chi connectivity index (χ1n) is 6.61. The quantitative estimate of drug-likeness (QED) is 0.364. The lowest BCUT2D eigenvalue weighted by Gasteiger charge is -2.12.